The van der Waals surface area contributed by atoms with Gasteiger partial charge in [-0.1, -0.05) is 28.1 Å². The van der Waals surface area contributed by atoms with E-state index < -0.39 is 5.97 Å². The minimum absolute atomic E-state index is 0.186. The molecule has 0 aliphatic carbocycles. The van der Waals surface area contributed by atoms with E-state index in [1.807, 2.05) is 24.3 Å². The molecule has 0 unspecified atom stereocenters. The average molecular weight is 321 g/mol. The second-order valence-electron chi connectivity index (χ2n) is 4.09. The van der Waals surface area contributed by atoms with Crippen LogP contribution in [0.15, 0.2) is 46.9 Å². The summed E-state index contributed by atoms with van der Waals surface area (Å²) >= 11 is 3.41. The first-order valence-electron chi connectivity index (χ1n) is 5.67. The van der Waals surface area contributed by atoms with E-state index in [0.717, 1.165) is 15.7 Å². The fourth-order valence-electron chi connectivity index (χ4n) is 1.70. The van der Waals surface area contributed by atoms with Gasteiger partial charge in [-0.05, 0) is 35.9 Å². The number of nitrogens with two attached hydrogens (primary N) is 1. The molecule has 0 bridgehead atoms. The fourth-order valence-corrected chi connectivity index (χ4v) is 2.15. The van der Waals surface area contributed by atoms with Crippen molar-refractivity contribution in [1.82, 2.24) is 0 Å². The lowest BCUT2D eigenvalue weighted by Crippen LogP contribution is -2.04. The van der Waals surface area contributed by atoms with E-state index in [2.05, 4.69) is 21.2 Å². The van der Waals surface area contributed by atoms with Crippen molar-refractivity contribution in [3.63, 3.8) is 0 Å². The normalized spacial score (nSPS) is 10.2. The number of nitrogens with one attached hydrogen (secondary N) is 1. The predicted octanol–water partition coefficient (Wildman–Crippen LogP) is 3.34. The van der Waals surface area contributed by atoms with Gasteiger partial charge in [-0.3, -0.25) is 0 Å². The third kappa shape index (κ3) is 3.48. The van der Waals surface area contributed by atoms with Gasteiger partial charge in [-0.15, -0.1) is 0 Å². The maximum atomic E-state index is 10.8. The standard InChI is InChI=1S/C14H13BrN2O2/c15-11-3-1-2-9(6-11)8-17-13-5-4-10(14(18)19)7-12(13)16/h1-7,17H,8,16H2,(H,18,19). The van der Waals surface area contributed by atoms with Crippen molar-refractivity contribution in [2.75, 3.05) is 11.1 Å². The third-order valence-corrected chi connectivity index (χ3v) is 3.16. The van der Waals surface area contributed by atoms with Crippen molar-refractivity contribution in [3.05, 3.63) is 58.1 Å². The van der Waals surface area contributed by atoms with E-state index in [1.165, 1.54) is 12.1 Å². The second-order valence-corrected chi connectivity index (χ2v) is 5.01. The minimum Gasteiger partial charge on any atom is -0.478 e. The third-order valence-electron chi connectivity index (χ3n) is 2.67. The SMILES string of the molecule is Nc1cc(C(=O)O)ccc1NCc1cccc(Br)c1. The quantitative estimate of drug-likeness (QED) is 0.755. The first kappa shape index (κ1) is 13.4. The number of carboxylic acids is 1. The summed E-state index contributed by atoms with van der Waals surface area (Å²) in [7, 11) is 0. The summed E-state index contributed by atoms with van der Waals surface area (Å²) in [6, 6.07) is 12.6. The molecular weight excluding hydrogens is 308 g/mol. The molecule has 0 amide bonds. The summed E-state index contributed by atoms with van der Waals surface area (Å²) in [5, 5.41) is 12.0. The average Bonchev–Trinajstić information content (AvgIpc) is 2.37. The number of carboxylic acid groups (broad SMARTS) is 1. The topological polar surface area (TPSA) is 75.4 Å². The highest BCUT2D eigenvalue weighted by molar-refractivity contribution is 9.10. The van der Waals surface area contributed by atoms with Gasteiger partial charge < -0.3 is 16.2 Å². The zero-order valence-corrected chi connectivity index (χ0v) is 11.6. The van der Waals surface area contributed by atoms with Crippen LogP contribution in [-0.4, -0.2) is 11.1 Å². The largest absolute Gasteiger partial charge is 0.478 e. The Bertz CT molecular complexity index is 614. The molecule has 0 atom stereocenters. The molecule has 19 heavy (non-hydrogen) atoms. The molecule has 0 aromatic heterocycles. The predicted molar refractivity (Wildman–Crippen MR) is 79.3 cm³/mol. The van der Waals surface area contributed by atoms with Crippen LogP contribution in [0, 0.1) is 0 Å². The molecule has 0 fully saturated rings. The van der Waals surface area contributed by atoms with Crippen molar-refractivity contribution in [2.24, 2.45) is 0 Å². The van der Waals surface area contributed by atoms with Crippen LogP contribution in [-0.2, 0) is 6.54 Å². The lowest BCUT2D eigenvalue weighted by Gasteiger charge is -2.10. The number of rotatable bonds is 4. The molecule has 5 heteroatoms. The van der Waals surface area contributed by atoms with E-state index in [4.69, 9.17) is 10.8 Å². The summed E-state index contributed by atoms with van der Waals surface area (Å²) in [5.74, 6) is -0.981. The Hall–Kier alpha value is -2.01. The number of carbonyl (C=O) groups is 1. The molecule has 2 aromatic rings. The molecule has 0 radical (unpaired) electrons. The zero-order chi connectivity index (χ0) is 13.8. The van der Waals surface area contributed by atoms with Crippen LogP contribution in [0.1, 0.15) is 15.9 Å². The Morgan fingerprint density at radius 3 is 2.68 bits per heavy atom. The van der Waals surface area contributed by atoms with E-state index in [-0.39, 0.29) is 5.56 Å². The van der Waals surface area contributed by atoms with Crippen LogP contribution >= 0.6 is 15.9 Å². The van der Waals surface area contributed by atoms with Crippen molar-refractivity contribution < 1.29 is 9.90 Å². The molecule has 0 saturated carbocycles. The van der Waals surface area contributed by atoms with Crippen molar-refractivity contribution in [2.45, 2.75) is 6.54 Å². The summed E-state index contributed by atoms with van der Waals surface area (Å²) in [4.78, 5) is 10.8. The highest BCUT2D eigenvalue weighted by Crippen LogP contribution is 2.21. The number of hydrogen-bond donors (Lipinski definition) is 3. The van der Waals surface area contributed by atoms with Gasteiger partial charge in [0.05, 0.1) is 16.9 Å². The minimum atomic E-state index is -0.981. The number of halogens is 1. The summed E-state index contributed by atoms with van der Waals surface area (Å²) in [6.07, 6.45) is 0. The van der Waals surface area contributed by atoms with Gasteiger partial charge in [-0.25, -0.2) is 4.79 Å². The number of benzene rings is 2. The highest BCUT2D eigenvalue weighted by Gasteiger charge is 2.06. The molecule has 0 heterocycles. The van der Waals surface area contributed by atoms with Crippen LogP contribution in [0.3, 0.4) is 0 Å². The number of anilines is 2. The van der Waals surface area contributed by atoms with Crippen molar-refractivity contribution in [3.8, 4) is 0 Å². The van der Waals surface area contributed by atoms with Crippen molar-refractivity contribution >= 4 is 33.3 Å². The highest BCUT2D eigenvalue weighted by atomic mass is 79.9. The van der Waals surface area contributed by atoms with Crippen LogP contribution in [0.2, 0.25) is 0 Å². The Balaban J connectivity index is 2.10. The van der Waals surface area contributed by atoms with Crippen LogP contribution < -0.4 is 11.1 Å². The monoisotopic (exact) mass is 320 g/mol. The van der Waals surface area contributed by atoms with Gasteiger partial charge in [0.15, 0.2) is 0 Å². The van der Waals surface area contributed by atoms with E-state index >= 15 is 0 Å². The Morgan fingerprint density at radius 2 is 2.05 bits per heavy atom. The van der Waals surface area contributed by atoms with Crippen LogP contribution in [0.25, 0.3) is 0 Å². The van der Waals surface area contributed by atoms with Gasteiger partial charge in [-0.2, -0.15) is 0 Å². The van der Waals surface area contributed by atoms with E-state index in [0.29, 0.717) is 12.2 Å². The summed E-state index contributed by atoms with van der Waals surface area (Å²) < 4.78 is 1.01. The molecule has 2 aromatic carbocycles. The molecule has 4 nitrogen and oxygen atoms in total. The Morgan fingerprint density at radius 1 is 1.26 bits per heavy atom. The number of hydrogen-bond acceptors (Lipinski definition) is 3. The summed E-state index contributed by atoms with van der Waals surface area (Å²) in [6.45, 7) is 0.621. The van der Waals surface area contributed by atoms with Crippen molar-refractivity contribution in [1.29, 1.82) is 0 Å². The molecule has 0 aliphatic heterocycles. The Labute approximate surface area is 119 Å². The van der Waals surface area contributed by atoms with Gasteiger partial charge in [0.25, 0.3) is 0 Å². The lowest BCUT2D eigenvalue weighted by atomic mass is 10.1. The molecule has 0 aliphatic rings. The molecule has 2 rings (SSSR count). The van der Waals surface area contributed by atoms with E-state index in [9.17, 15) is 4.79 Å². The maximum absolute atomic E-state index is 10.8. The lowest BCUT2D eigenvalue weighted by molar-refractivity contribution is 0.0697. The molecule has 98 valence electrons. The molecule has 0 spiro atoms. The Kier molecular flexibility index (Phi) is 4.06. The fraction of sp³-hybridized carbons (Fsp3) is 0.0714. The summed E-state index contributed by atoms with van der Waals surface area (Å²) in [5.41, 5.74) is 8.26. The number of nitrogen functional groups attached to an aromatic ring is 1. The first-order valence-corrected chi connectivity index (χ1v) is 6.46. The van der Waals surface area contributed by atoms with Gasteiger partial charge in [0, 0.05) is 11.0 Å². The molecule has 0 saturated heterocycles. The maximum Gasteiger partial charge on any atom is 0.335 e. The second kappa shape index (κ2) is 5.75. The van der Waals surface area contributed by atoms with Gasteiger partial charge in [0.2, 0.25) is 0 Å². The van der Waals surface area contributed by atoms with Gasteiger partial charge >= 0.3 is 5.97 Å². The molecular formula is C14H13BrN2O2. The van der Waals surface area contributed by atoms with Crippen LogP contribution in [0.5, 0.6) is 0 Å². The molecule has 4 N–H and O–H groups in total. The number of aromatic carboxylic acids is 1. The smallest absolute Gasteiger partial charge is 0.335 e. The van der Waals surface area contributed by atoms with E-state index in [1.54, 1.807) is 6.07 Å². The first-order chi connectivity index (χ1) is 9.06. The van der Waals surface area contributed by atoms with Crippen LogP contribution in [0.4, 0.5) is 11.4 Å². The van der Waals surface area contributed by atoms with Gasteiger partial charge in [0.1, 0.15) is 0 Å². The zero-order valence-electron chi connectivity index (χ0n) is 10.1.